The molecule has 1 saturated carbocycles. The summed E-state index contributed by atoms with van der Waals surface area (Å²) in [5, 5.41) is 3.97. The van der Waals surface area contributed by atoms with Crippen LogP contribution in [0.1, 0.15) is 65.2 Å². The van der Waals surface area contributed by atoms with Crippen LogP contribution in [0.3, 0.4) is 0 Å². The fraction of sp³-hybridized carbons (Fsp3) is 1.00. The fourth-order valence-corrected chi connectivity index (χ4v) is 3.73. The molecule has 2 nitrogen and oxygen atoms in total. The second-order valence-corrected chi connectivity index (χ2v) is 6.70. The maximum absolute atomic E-state index is 3.97. The quantitative estimate of drug-likeness (QED) is 0.774. The van der Waals surface area contributed by atoms with Crippen LogP contribution in [0.4, 0.5) is 0 Å². The SMILES string of the molecule is CCC1CCCC(NC2CCN(C)C(C)C2)CC1. The Labute approximate surface area is 114 Å². The molecule has 2 heteroatoms. The number of hydrogen-bond donors (Lipinski definition) is 1. The molecule has 4 atom stereocenters. The van der Waals surface area contributed by atoms with Crippen molar-refractivity contribution in [2.24, 2.45) is 5.92 Å². The lowest BCUT2D eigenvalue weighted by atomic mass is 9.96. The fourth-order valence-electron chi connectivity index (χ4n) is 3.73. The molecule has 106 valence electrons. The summed E-state index contributed by atoms with van der Waals surface area (Å²) in [6, 6.07) is 2.34. The van der Waals surface area contributed by atoms with Gasteiger partial charge in [-0.1, -0.05) is 26.2 Å². The van der Waals surface area contributed by atoms with Gasteiger partial charge >= 0.3 is 0 Å². The number of piperidine rings is 1. The molecule has 2 rings (SSSR count). The monoisotopic (exact) mass is 252 g/mol. The van der Waals surface area contributed by atoms with E-state index < -0.39 is 0 Å². The summed E-state index contributed by atoms with van der Waals surface area (Å²) in [4.78, 5) is 2.50. The van der Waals surface area contributed by atoms with E-state index in [1.807, 2.05) is 0 Å². The number of likely N-dealkylation sites (tertiary alicyclic amines) is 1. The molecule has 0 aromatic rings. The van der Waals surface area contributed by atoms with Gasteiger partial charge in [0.1, 0.15) is 0 Å². The highest BCUT2D eigenvalue weighted by atomic mass is 15.1. The predicted molar refractivity (Wildman–Crippen MR) is 78.9 cm³/mol. The van der Waals surface area contributed by atoms with Crippen molar-refractivity contribution in [1.82, 2.24) is 10.2 Å². The molecule has 0 radical (unpaired) electrons. The standard InChI is InChI=1S/C16H32N2/c1-4-14-6-5-7-15(9-8-14)17-16-10-11-18(3)13(2)12-16/h13-17H,4-12H2,1-3H3. The summed E-state index contributed by atoms with van der Waals surface area (Å²) < 4.78 is 0. The van der Waals surface area contributed by atoms with Crippen LogP contribution in [0.2, 0.25) is 0 Å². The third-order valence-electron chi connectivity index (χ3n) is 5.35. The summed E-state index contributed by atoms with van der Waals surface area (Å²) in [7, 11) is 2.26. The average Bonchev–Trinajstić information content (AvgIpc) is 2.59. The Bertz CT molecular complexity index is 241. The smallest absolute Gasteiger partial charge is 0.00966 e. The second kappa shape index (κ2) is 6.91. The largest absolute Gasteiger partial charge is 0.311 e. The summed E-state index contributed by atoms with van der Waals surface area (Å²) in [5.74, 6) is 1.01. The van der Waals surface area contributed by atoms with Crippen molar-refractivity contribution in [2.75, 3.05) is 13.6 Å². The molecule has 1 saturated heterocycles. The van der Waals surface area contributed by atoms with Gasteiger partial charge in [-0.25, -0.2) is 0 Å². The predicted octanol–water partition coefficient (Wildman–Crippen LogP) is 3.42. The van der Waals surface area contributed by atoms with Crippen molar-refractivity contribution >= 4 is 0 Å². The zero-order chi connectivity index (χ0) is 13.0. The normalized spacial score (nSPS) is 39.5. The first-order valence-electron chi connectivity index (χ1n) is 8.15. The molecule has 1 aliphatic carbocycles. The van der Waals surface area contributed by atoms with E-state index in [1.165, 1.54) is 57.9 Å². The molecule has 0 amide bonds. The highest BCUT2D eigenvalue weighted by Crippen LogP contribution is 2.26. The van der Waals surface area contributed by atoms with Gasteiger partial charge in [0.2, 0.25) is 0 Å². The Balaban J connectivity index is 1.75. The van der Waals surface area contributed by atoms with Gasteiger partial charge in [-0.2, -0.15) is 0 Å². The van der Waals surface area contributed by atoms with Crippen LogP contribution in [-0.2, 0) is 0 Å². The van der Waals surface area contributed by atoms with Gasteiger partial charge in [0.15, 0.2) is 0 Å². The zero-order valence-corrected chi connectivity index (χ0v) is 12.6. The van der Waals surface area contributed by atoms with Crippen LogP contribution in [0, 0.1) is 5.92 Å². The number of hydrogen-bond acceptors (Lipinski definition) is 2. The van der Waals surface area contributed by atoms with Gasteiger partial charge in [0.25, 0.3) is 0 Å². The molecule has 2 aliphatic rings. The molecule has 0 spiro atoms. The Kier molecular flexibility index (Phi) is 5.50. The Morgan fingerprint density at radius 2 is 1.89 bits per heavy atom. The lowest BCUT2D eigenvalue weighted by Crippen LogP contribution is -2.48. The van der Waals surface area contributed by atoms with Gasteiger partial charge in [0.05, 0.1) is 0 Å². The van der Waals surface area contributed by atoms with Gasteiger partial charge < -0.3 is 10.2 Å². The summed E-state index contributed by atoms with van der Waals surface area (Å²) in [6.07, 6.45) is 11.3. The molecule has 1 aliphatic heterocycles. The Morgan fingerprint density at radius 1 is 1.06 bits per heavy atom. The maximum Gasteiger partial charge on any atom is 0.00966 e. The molecule has 4 unspecified atom stereocenters. The van der Waals surface area contributed by atoms with Crippen molar-refractivity contribution in [2.45, 2.75) is 83.3 Å². The Hall–Kier alpha value is -0.0800. The van der Waals surface area contributed by atoms with Crippen LogP contribution in [-0.4, -0.2) is 36.6 Å². The van der Waals surface area contributed by atoms with Crippen LogP contribution in [0.15, 0.2) is 0 Å². The van der Waals surface area contributed by atoms with Crippen molar-refractivity contribution in [1.29, 1.82) is 0 Å². The van der Waals surface area contributed by atoms with E-state index in [4.69, 9.17) is 0 Å². The molecule has 2 fully saturated rings. The maximum atomic E-state index is 3.97. The molecular formula is C16H32N2. The molecule has 0 aromatic heterocycles. The van der Waals surface area contributed by atoms with Gasteiger partial charge in [-0.15, -0.1) is 0 Å². The molecule has 0 aromatic carbocycles. The van der Waals surface area contributed by atoms with Crippen LogP contribution in [0.25, 0.3) is 0 Å². The Morgan fingerprint density at radius 3 is 2.61 bits per heavy atom. The molecule has 1 N–H and O–H groups in total. The van der Waals surface area contributed by atoms with Crippen LogP contribution in [0.5, 0.6) is 0 Å². The molecule has 1 heterocycles. The van der Waals surface area contributed by atoms with Crippen molar-refractivity contribution < 1.29 is 0 Å². The van der Waals surface area contributed by atoms with E-state index in [9.17, 15) is 0 Å². The third kappa shape index (κ3) is 3.96. The van der Waals surface area contributed by atoms with E-state index >= 15 is 0 Å². The van der Waals surface area contributed by atoms with E-state index in [-0.39, 0.29) is 0 Å². The second-order valence-electron chi connectivity index (χ2n) is 6.70. The van der Waals surface area contributed by atoms with Crippen molar-refractivity contribution in [3.63, 3.8) is 0 Å². The first-order valence-corrected chi connectivity index (χ1v) is 8.15. The van der Waals surface area contributed by atoms with E-state index in [1.54, 1.807) is 0 Å². The number of nitrogens with one attached hydrogen (secondary N) is 1. The summed E-state index contributed by atoms with van der Waals surface area (Å²) >= 11 is 0. The van der Waals surface area contributed by atoms with E-state index in [0.29, 0.717) is 0 Å². The first-order chi connectivity index (χ1) is 8.69. The first kappa shape index (κ1) is 14.3. The number of nitrogens with zero attached hydrogens (tertiary/aromatic N) is 1. The van der Waals surface area contributed by atoms with E-state index in [2.05, 4.69) is 31.1 Å². The van der Waals surface area contributed by atoms with Crippen molar-refractivity contribution in [3.05, 3.63) is 0 Å². The minimum absolute atomic E-state index is 0.755. The highest BCUT2D eigenvalue weighted by molar-refractivity contribution is 4.85. The van der Waals surface area contributed by atoms with Gasteiger partial charge in [0, 0.05) is 18.1 Å². The van der Waals surface area contributed by atoms with Crippen molar-refractivity contribution in [3.8, 4) is 0 Å². The van der Waals surface area contributed by atoms with E-state index in [0.717, 1.165) is 24.0 Å². The summed E-state index contributed by atoms with van der Waals surface area (Å²) in [5.41, 5.74) is 0. The van der Waals surface area contributed by atoms with Crippen LogP contribution >= 0.6 is 0 Å². The van der Waals surface area contributed by atoms with Crippen LogP contribution < -0.4 is 5.32 Å². The minimum Gasteiger partial charge on any atom is -0.311 e. The summed E-state index contributed by atoms with van der Waals surface area (Å²) in [6.45, 7) is 5.99. The topological polar surface area (TPSA) is 15.3 Å². The lowest BCUT2D eigenvalue weighted by Gasteiger charge is -2.37. The molecule has 18 heavy (non-hydrogen) atoms. The zero-order valence-electron chi connectivity index (χ0n) is 12.6. The van der Waals surface area contributed by atoms with Gasteiger partial charge in [-0.3, -0.25) is 0 Å². The lowest BCUT2D eigenvalue weighted by molar-refractivity contribution is 0.160. The minimum atomic E-state index is 0.755. The average molecular weight is 252 g/mol. The number of rotatable bonds is 3. The molecular weight excluding hydrogens is 220 g/mol. The van der Waals surface area contributed by atoms with Gasteiger partial charge in [-0.05, 0) is 58.5 Å². The third-order valence-corrected chi connectivity index (χ3v) is 5.35. The highest BCUT2D eigenvalue weighted by Gasteiger charge is 2.25. The molecule has 0 bridgehead atoms.